The first-order valence-electron chi connectivity index (χ1n) is 12.8. The summed E-state index contributed by atoms with van der Waals surface area (Å²) in [6.45, 7) is 0.238. The maximum Gasteiger partial charge on any atom is 0.514 e. The zero-order chi connectivity index (χ0) is 27.8. The van der Waals surface area contributed by atoms with Gasteiger partial charge in [-0.05, 0) is 29.3 Å². The van der Waals surface area contributed by atoms with Gasteiger partial charge in [-0.3, -0.25) is 4.90 Å². The van der Waals surface area contributed by atoms with Crippen LogP contribution in [0.2, 0.25) is 0 Å². The normalized spacial score (nSPS) is 19.5. The quantitative estimate of drug-likeness (QED) is 0.240. The van der Waals surface area contributed by atoms with Crippen LogP contribution in [0, 0.1) is 0 Å². The minimum absolute atomic E-state index is 0.0484. The number of nitrogens with zero attached hydrogens (tertiary/aromatic N) is 1. The van der Waals surface area contributed by atoms with Crippen LogP contribution >= 0.6 is 0 Å². The summed E-state index contributed by atoms with van der Waals surface area (Å²) in [5.41, 5.74) is 4.18. The molecule has 1 N–H and O–H groups in total. The number of cyclic esters (lactones) is 1. The second kappa shape index (κ2) is 10.5. The highest BCUT2D eigenvalue weighted by Gasteiger charge is 2.51. The van der Waals surface area contributed by atoms with Crippen molar-refractivity contribution >= 4 is 23.2 Å². The number of carbonyl (C=O) groups excluding carboxylic acids is 2. The molecule has 1 saturated heterocycles. The fourth-order valence-electron chi connectivity index (χ4n) is 5.61. The van der Waals surface area contributed by atoms with Gasteiger partial charge in [-0.2, -0.15) is 0 Å². The monoisotopic (exact) mass is 544 g/mol. The van der Waals surface area contributed by atoms with Crippen molar-refractivity contribution in [1.29, 1.82) is 0 Å². The molecule has 0 radical (unpaired) electrons. The molecule has 206 valence electrons. The van der Waals surface area contributed by atoms with E-state index < -0.39 is 18.3 Å². The number of aromatic nitrogens is 1. The first-order valence-corrected chi connectivity index (χ1v) is 12.8. The van der Waals surface area contributed by atoms with Crippen molar-refractivity contribution in [3.05, 3.63) is 89.1 Å². The van der Waals surface area contributed by atoms with E-state index in [1.54, 1.807) is 24.1 Å². The summed E-state index contributed by atoms with van der Waals surface area (Å²) in [5, 5.41) is 1.01. The Morgan fingerprint density at radius 1 is 1.00 bits per heavy atom. The number of rotatable bonds is 7. The number of methoxy groups -OCH3 is 3. The molecule has 0 bridgehead atoms. The van der Waals surface area contributed by atoms with Gasteiger partial charge in [0.2, 0.25) is 5.75 Å². The van der Waals surface area contributed by atoms with Gasteiger partial charge in [0.05, 0.1) is 14.2 Å². The van der Waals surface area contributed by atoms with Crippen molar-refractivity contribution in [3.8, 4) is 17.2 Å². The number of amides is 1. The smallest absolute Gasteiger partial charge is 0.493 e. The fraction of sp³-hybridized carbons (Fsp3) is 0.267. The molecule has 40 heavy (non-hydrogen) atoms. The van der Waals surface area contributed by atoms with E-state index in [2.05, 4.69) is 4.98 Å². The molecule has 6 rings (SSSR count). The van der Waals surface area contributed by atoms with Crippen LogP contribution in [0.5, 0.6) is 17.2 Å². The van der Waals surface area contributed by atoms with E-state index in [1.807, 2.05) is 54.6 Å². The number of nitrogens with one attached hydrogen (secondary N) is 1. The first-order chi connectivity index (χ1) is 19.5. The number of hydrogen-bond donors (Lipinski definition) is 1. The lowest BCUT2D eigenvalue weighted by molar-refractivity contribution is 0.0202. The highest BCUT2D eigenvalue weighted by atomic mass is 16.7. The molecule has 1 fully saturated rings. The number of H-pyrrole nitrogens is 1. The Labute approximate surface area is 230 Å². The lowest BCUT2D eigenvalue weighted by Gasteiger charge is -2.40. The second-order valence-corrected chi connectivity index (χ2v) is 9.49. The molecule has 0 spiro atoms. The number of aromatic amines is 1. The average molecular weight is 545 g/mol. The Kier molecular flexibility index (Phi) is 6.69. The minimum Gasteiger partial charge on any atom is -0.493 e. The SMILES string of the molecule is COc1cc([C@@H]2c3[nH]c4ccccc4c3[C@@H](OC)[C@H]3COC(=O)N23)cc(OC)c1OC(=O)OCc1ccccc1. The summed E-state index contributed by atoms with van der Waals surface area (Å²) in [5.74, 6) is 0.540. The van der Waals surface area contributed by atoms with Crippen molar-refractivity contribution in [1.82, 2.24) is 9.88 Å². The molecule has 2 aliphatic rings. The third-order valence-electron chi connectivity index (χ3n) is 7.35. The van der Waals surface area contributed by atoms with Crippen LogP contribution in [0.1, 0.15) is 34.5 Å². The van der Waals surface area contributed by atoms with Crippen LogP contribution in [0.3, 0.4) is 0 Å². The molecule has 0 saturated carbocycles. The van der Waals surface area contributed by atoms with Gasteiger partial charge in [-0.15, -0.1) is 0 Å². The molecule has 10 nitrogen and oxygen atoms in total. The Hall–Kier alpha value is -4.70. The van der Waals surface area contributed by atoms with Crippen LogP contribution in [0.4, 0.5) is 9.59 Å². The van der Waals surface area contributed by atoms with E-state index in [1.165, 1.54) is 14.2 Å². The molecule has 10 heteroatoms. The zero-order valence-electron chi connectivity index (χ0n) is 22.2. The van der Waals surface area contributed by atoms with Crippen molar-refractivity contribution in [2.75, 3.05) is 27.9 Å². The summed E-state index contributed by atoms with van der Waals surface area (Å²) in [6.07, 6.45) is -1.75. The van der Waals surface area contributed by atoms with Gasteiger partial charge in [-0.1, -0.05) is 48.5 Å². The fourth-order valence-corrected chi connectivity index (χ4v) is 5.61. The summed E-state index contributed by atoms with van der Waals surface area (Å²) in [6, 6.07) is 19.7. The van der Waals surface area contributed by atoms with E-state index in [0.29, 0.717) is 5.56 Å². The van der Waals surface area contributed by atoms with Crippen LogP contribution in [-0.2, 0) is 20.8 Å². The maximum atomic E-state index is 13.1. The molecular formula is C30H28N2O8. The van der Waals surface area contributed by atoms with E-state index in [9.17, 15) is 9.59 Å². The number of fused-ring (bicyclic) bond motifs is 4. The van der Waals surface area contributed by atoms with Gasteiger partial charge < -0.3 is 33.4 Å². The van der Waals surface area contributed by atoms with Gasteiger partial charge >= 0.3 is 12.2 Å². The zero-order valence-corrected chi connectivity index (χ0v) is 22.2. The molecule has 2 aliphatic heterocycles. The Balaban J connectivity index is 1.40. The first kappa shape index (κ1) is 25.6. The van der Waals surface area contributed by atoms with Crippen molar-refractivity contribution in [3.63, 3.8) is 0 Å². The van der Waals surface area contributed by atoms with Crippen molar-refractivity contribution < 1.29 is 38.0 Å². The molecule has 3 atom stereocenters. The molecule has 1 aromatic heterocycles. The maximum absolute atomic E-state index is 13.1. The summed E-state index contributed by atoms with van der Waals surface area (Å²) in [4.78, 5) is 30.8. The third-order valence-corrected chi connectivity index (χ3v) is 7.35. The van der Waals surface area contributed by atoms with Gasteiger partial charge in [0.25, 0.3) is 0 Å². The molecule has 0 aliphatic carbocycles. The lowest BCUT2D eigenvalue weighted by atomic mass is 9.86. The largest absolute Gasteiger partial charge is 0.514 e. The topological polar surface area (TPSA) is 109 Å². The number of benzene rings is 3. The van der Waals surface area contributed by atoms with Crippen LogP contribution < -0.4 is 14.2 Å². The second-order valence-electron chi connectivity index (χ2n) is 9.49. The molecule has 4 aromatic rings. The summed E-state index contributed by atoms with van der Waals surface area (Å²) < 4.78 is 33.5. The number of para-hydroxylation sites is 1. The Morgan fingerprint density at radius 2 is 1.70 bits per heavy atom. The predicted molar refractivity (Wildman–Crippen MR) is 144 cm³/mol. The van der Waals surface area contributed by atoms with E-state index in [0.717, 1.165) is 27.7 Å². The summed E-state index contributed by atoms with van der Waals surface area (Å²) in [7, 11) is 4.56. The summed E-state index contributed by atoms with van der Waals surface area (Å²) >= 11 is 0. The van der Waals surface area contributed by atoms with Crippen molar-refractivity contribution in [2.24, 2.45) is 0 Å². The van der Waals surface area contributed by atoms with Gasteiger partial charge in [0.1, 0.15) is 31.4 Å². The third kappa shape index (κ3) is 4.26. The molecule has 0 unspecified atom stereocenters. The number of hydrogen-bond acceptors (Lipinski definition) is 8. The Morgan fingerprint density at radius 3 is 2.40 bits per heavy atom. The minimum atomic E-state index is -0.908. The van der Waals surface area contributed by atoms with E-state index in [-0.39, 0.29) is 42.6 Å². The van der Waals surface area contributed by atoms with Crippen LogP contribution in [0.25, 0.3) is 10.9 Å². The predicted octanol–water partition coefficient (Wildman–Crippen LogP) is 5.51. The van der Waals surface area contributed by atoms with Gasteiger partial charge in [0, 0.05) is 29.3 Å². The van der Waals surface area contributed by atoms with Gasteiger partial charge in [-0.25, -0.2) is 9.59 Å². The van der Waals surface area contributed by atoms with E-state index in [4.69, 9.17) is 28.4 Å². The van der Waals surface area contributed by atoms with Crippen LogP contribution in [-0.4, -0.2) is 56.1 Å². The van der Waals surface area contributed by atoms with Crippen molar-refractivity contribution in [2.45, 2.75) is 24.8 Å². The molecule has 3 heterocycles. The molecule has 3 aromatic carbocycles. The number of ether oxygens (including phenoxy) is 6. The highest BCUT2D eigenvalue weighted by Crippen LogP contribution is 2.51. The lowest BCUT2D eigenvalue weighted by Crippen LogP contribution is -2.46. The Bertz CT molecular complexity index is 1540. The average Bonchev–Trinajstić information content (AvgIpc) is 3.56. The standard InChI is InChI=1S/C30H28N2O8/c1-35-22-13-18(14-23(36-2)28(22)40-30(34)39-15-17-9-5-4-6-10-17)26-25-24(19-11-7-8-12-20(19)31-25)27(37-3)21-16-38-29(33)32(21)26/h4-14,21,26-27,31H,15-16H2,1-3H3/t21-,26-,27+/m1/s1. The molecule has 1 amide bonds. The van der Waals surface area contributed by atoms with Crippen LogP contribution in [0.15, 0.2) is 66.7 Å². The number of carbonyl (C=O) groups is 2. The highest BCUT2D eigenvalue weighted by molar-refractivity contribution is 5.87. The van der Waals surface area contributed by atoms with E-state index >= 15 is 0 Å². The van der Waals surface area contributed by atoms with Gasteiger partial charge in [0.15, 0.2) is 11.5 Å². The molecular weight excluding hydrogens is 516 g/mol.